The number of fused-ring (bicyclic) bond motifs is 1. The summed E-state index contributed by atoms with van der Waals surface area (Å²) in [5, 5.41) is 0. The van der Waals surface area contributed by atoms with Gasteiger partial charge in [-0.05, 0) is 31.4 Å². The second-order valence-corrected chi connectivity index (χ2v) is 4.60. The molecule has 1 aliphatic rings. The Morgan fingerprint density at radius 1 is 1.50 bits per heavy atom. The van der Waals surface area contributed by atoms with Crippen molar-refractivity contribution in [2.75, 3.05) is 0 Å². The summed E-state index contributed by atoms with van der Waals surface area (Å²) >= 11 is 0. The van der Waals surface area contributed by atoms with Crippen LogP contribution in [0.4, 0.5) is 0 Å². The highest BCUT2D eigenvalue weighted by Gasteiger charge is 2.27. The Morgan fingerprint density at radius 2 is 2.31 bits per heavy atom. The molecule has 0 bridgehead atoms. The zero-order chi connectivity index (χ0) is 11.1. The third-order valence-corrected chi connectivity index (χ3v) is 3.01. The van der Waals surface area contributed by atoms with Gasteiger partial charge < -0.3 is 4.40 Å². The first-order chi connectivity index (χ1) is 7.74. The average molecular weight is 214 g/mol. The van der Waals surface area contributed by atoms with Crippen LogP contribution in [0.15, 0.2) is 24.5 Å². The van der Waals surface area contributed by atoms with Crippen LogP contribution in [0.3, 0.4) is 0 Å². The van der Waals surface area contributed by atoms with Crippen molar-refractivity contribution in [2.24, 2.45) is 0 Å². The Labute approximate surface area is 94.1 Å². The van der Waals surface area contributed by atoms with Gasteiger partial charge in [-0.3, -0.25) is 4.79 Å². The van der Waals surface area contributed by atoms with Crippen LogP contribution >= 0.6 is 0 Å². The number of Topliss-reactive ketones (excluding diaryl/α,β-unsaturated/α-hetero) is 1. The normalized spacial score (nSPS) is 15.6. The maximum atomic E-state index is 11.1. The number of ketones is 1. The minimum absolute atomic E-state index is 0.201. The molecule has 0 spiro atoms. The van der Waals surface area contributed by atoms with E-state index in [-0.39, 0.29) is 5.78 Å². The van der Waals surface area contributed by atoms with Crippen molar-refractivity contribution < 1.29 is 4.79 Å². The van der Waals surface area contributed by atoms with E-state index in [9.17, 15) is 4.79 Å². The van der Waals surface area contributed by atoms with Crippen molar-refractivity contribution >= 4 is 11.3 Å². The Balaban J connectivity index is 2.06. The molecule has 82 valence electrons. The Bertz CT molecular complexity index is 552. The summed E-state index contributed by atoms with van der Waals surface area (Å²) in [6.07, 6.45) is 6.97. The molecule has 2 aromatic heterocycles. The van der Waals surface area contributed by atoms with Gasteiger partial charge in [-0.15, -0.1) is 0 Å². The second-order valence-electron chi connectivity index (χ2n) is 4.60. The summed E-state index contributed by atoms with van der Waals surface area (Å²) in [7, 11) is 0. The molecule has 0 aromatic carbocycles. The average Bonchev–Trinajstić information content (AvgIpc) is 2.98. The van der Waals surface area contributed by atoms with Crippen LogP contribution in [-0.2, 0) is 11.2 Å². The first-order valence-electron chi connectivity index (χ1n) is 5.69. The van der Waals surface area contributed by atoms with E-state index in [1.54, 1.807) is 6.92 Å². The lowest BCUT2D eigenvalue weighted by atomic mass is 10.1. The van der Waals surface area contributed by atoms with E-state index in [1.807, 2.05) is 18.3 Å². The van der Waals surface area contributed by atoms with E-state index >= 15 is 0 Å². The van der Waals surface area contributed by atoms with Gasteiger partial charge in [0.2, 0.25) is 0 Å². The van der Waals surface area contributed by atoms with Crippen LogP contribution in [0.5, 0.6) is 0 Å². The molecule has 0 atom stereocenters. The van der Waals surface area contributed by atoms with Gasteiger partial charge in [-0.2, -0.15) is 0 Å². The van der Waals surface area contributed by atoms with E-state index in [2.05, 4.69) is 15.6 Å². The molecule has 0 N–H and O–H groups in total. The molecule has 3 heteroatoms. The molecule has 2 heterocycles. The van der Waals surface area contributed by atoms with E-state index in [0.29, 0.717) is 12.3 Å². The zero-order valence-electron chi connectivity index (χ0n) is 9.31. The van der Waals surface area contributed by atoms with Crippen molar-refractivity contribution in [1.82, 2.24) is 9.38 Å². The number of aromatic nitrogens is 2. The molecule has 0 saturated heterocycles. The van der Waals surface area contributed by atoms with E-state index in [4.69, 9.17) is 0 Å². The Hall–Kier alpha value is -1.64. The molecule has 2 aromatic rings. The molecule has 0 amide bonds. The highest BCUT2D eigenvalue weighted by atomic mass is 16.1. The summed E-state index contributed by atoms with van der Waals surface area (Å²) in [5.74, 6) is 1.99. The quantitative estimate of drug-likeness (QED) is 0.786. The minimum atomic E-state index is 0.201. The smallest absolute Gasteiger partial charge is 0.134 e. The highest BCUT2D eigenvalue weighted by Crippen LogP contribution is 2.39. The van der Waals surface area contributed by atoms with Crippen LogP contribution in [0.25, 0.3) is 5.52 Å². The van der Waals surface area contributed by atoms with Crippen LogP contribution in [0, 0.1) is 0 Å². The maximum Gasteiger partial charge on any atom is 0.134 e. The van der Waals surface area contributed by atoms with Gasteiger partial charge in [0.05, 0.1) is 11.7 Å². The first kappa shape index (κ1) is 9.58. The molecule has 1 fully saturated rings. The molecule has 3 rings (SSSR count). The molecule has 0 aliphatic heterocycles. The summed E-state index contributed by atoms with van der Waals surface area (Å²) in [5.41, 5.74) is 2.19. The predicted octanol–water partition coefficient (Wildman–Crippen LogP) is 2.34. The second kappa shape index (κ2) is 3.44. The molecule has 1 saturated carbocycles. The molecular weight excluding hydrogens is 200 g/mol. The lowest BCUT2D eigenvalue weighted by Crippen LogP contribution is -1.99. The fraction of sp³-hybridized carbons (Fsp3) is 0.385. The first-order valence-corrected chi connectivity index (χ1v) is 5.69. The molecule has 16 heavy (non-hydrogen) atoms. The summed E-state index contributed by atoms with van der Waals surface area (Å²) in [6, 6.07) is 4.05. The van der Waals surface area contributed by atoms with E-state index < -0.39 is 0 Å². The summed E-state index contributed by atoms with van der Waals surface area (Å²) < 4.78 is 2.13. The molecular formula is C13H14N2O. The lowest BCUT2D eigenvalue weighted by molar-refractivity contribution is -0.116. The number of rotatable bonds is 3. The number of nitrogens with zero attached hydrogens (tertiary/aromatic N) is 2. The molecule has 3 nitrogen and oxygen atoms in total. The maximum absolute atomic E-state index is 11.1. The van der Waals surface area contributed by atoms with Crippen molar-refractivity contribution in [3.05, 3.63) is 35.9 Å². The van der Waals surface area contributed by atoms with Crippen molar-refractivity contribution in [1.29, 1.82) is 0 Å². The van der Waals surface area contributed by atoms with Crippen LogP contribution in [0.2, 0.25) is 0 Å². The minimum Gasteiger partial charge on any atom is -0.303 e. The van der Waals surface area contributed by atoms with Gasteiger partial charge in [-0.1, -0.05) is 6.07 Å². The predicted molar refractivity (Wildman–Crippen MR) is 61.6 cm³/mol. The van der Waals surface area contributed by atoms with E-state index in [0.717, 1.165) is 16.9 Å². The van der Waals surface area contributed by atoms with Gasteiger partial charge in [0.15, 0.2) is 0 Å². The van der Waals surface area contributed by atoms with Crippen LogP contribution in [0.1, 0.15) is 37.1 Å². The fourth-order valence-corrected chi connectivity index (χ4v) is 2.09. The SMILES string of the molecule is CC(=O)Cc1ccc2cnc(C3CC3)n2c1. The van der Waals surface area contributed by atoms with Crippen molar-refractivity contribution in [3.8, 4) is 0 Å². The number of imidazole rings is 1. The van der Waals surface area contributed by atoms with Gasteiger partial charge >= 0.3 is 0 Å². The number of carbonyl (C=O) groups is 1. The van der Waals surface area contributed by atoms with Gasteiger partial charge in [-0.25, -0.2) is 4.98 Å². The largest absolute Gasteiger partial charge is 0.303 e. The van der Waals surface area contributed by atoms with Gasteiger partial charge in [0.25, 0.3) is 0 Å². The molecule has 1 aliphatic carbocycles. The van der Waals surface area contributed by atoms with Crippen LogP contribution < -0.4 is 0 Å². The third kappa shape index (κ3) is 1.62. The Morgan fingerprint density at radius 3 is 3.00 bits per heavy atom. The highest BCUT2D eigenvalue weighted by molar-refractivity contribution is 5.78. The van der Waals surface area contributed by atoms with Gasteiger partial charge in [0, 0.05) is 18.5 Å². The summed E-state index contributed by atoms with van der Waals surface area (Å²) in [4.78, 5) is 15.5. The van der Waals surface area contributed by atoms with E-state index in [1.165, 1.54) is 12.8 Å². The molecule has 0 radical (unpaired) electrons. The summed E-state index contributed by atoms with van der Waals surface area (Å²) in [6.45, 7) is 1.62. The number of hydrogen-bond donors (Lipinski definition) is 0. The number of pyridine rings is 1. The topological polar surface area (TPSA) is 34.4 Å². The fourth-order valence-electron chi connectivity index (χ4n) is 2.09. The van der Waals surface area contributed by atoms with Gasteiger partial charge in [0.1, 0.15) is 11.6 Å². The van der Waals surface area contributed by atoms with Crippen molar-refractivity contribution in [2.45, 2.75) is 32.1 Å². The lowest BCUT2D eigenvalue weighted by Gasteiger charge is -2.02. The zero-order valence-corrected chi connectivity index (χ0v) is 9.31. The number of hydrogen-bond acceptors (Lipinski definition) is 2. The standard InChI is InChI=1S/C13H14N2O/c1-9(16)6-10-2-5-12-7-14-13(11-3-4-11)15(12)8-10/h2,5,7-8,11H,3-4,6H2,1H3. The number of carbonyl (C=O) groups excluding carboxylic acids is 1. The third-order valence-electron chi connectivity index (χ3n) is 3.01. The Kier molecular flexibility index (Phi) is 2.06. The monoisotopic (exact) mass is 214 g/mol. The van der Waals surface area contributed by atoms with Crippen molar-refractivity contribution in [3.63, 3.8) is 0 Å². The molecule has 0 unspecified atom stereocenters. The van der Waals surface area contributed by atoms with Crippen LogP contribution in [-0.4, -0.2) is 15.2 Å².